The van der Waals surface area contributed by atoms with E-state index in [0.717, 1.165) is 29.8 Å². The number of halogens is 7. The molecule has 3 atom stereocenters. The topological polar surface area (TPSA) is 120 Å². The highest BCUT2D eigenvalue weighted by atomic mass is 35.5. The summed E-state index contributed by atoms with van der Waals surface area (Å²) < 4.78 is 95.5. The van der Waals surface area contributed by atoms with Crippen molar-refractivity contribution in [2.24, 2.45) is 0 Å². The van der Waals surface area contributed by atoms with E-state index in [0.29, 0.717) is 12.1 Å². The van der Waals surface area contributed by atoms with Crippen LogP contribution in [0.3, 0.4) is 0 Å². The van der Waals surface area contributed by atoms with Crippen molar-refractivity contribution in [3.8, 4) is 0 Å². The average Bonchev–Trinajstić information content (AvgIpc) is 2.95. The summed E-state index contributed by atoms with van der Waals surface area (Å²) in [7, 11) is -4.98. The van der Waals surface area contributed by atoms with Gasteiger partial charge in [-0.2, -0.15) is 21.6 Å². The van der Waals surface area contributed by atoms with Crippen LogP contribution in [0.15, 0.2) is 65.6 Å². The molecule has 0 saturated carbocycles. The van der Waals surface area contributed by atoms with Crippen LogP contribution in [-0.2, 0) is 30.0 Å². The summed E-state index contributed by atoms with van der Waals surface area (Å²) in [5.41, 5.74) is -0.719. The fourth-order valence-electron chi connectivity index (χ4n) is 3.45. The number of ether oxygens (including phenoxy) is 2. The quantitative estimate of drug-likeness (QED) is 0.0751. The molecule has 0 heterocycles. The molecule has 3 aromatic rings. The number of aryl methyl sites for hydroxylation is 1. The molecule has 3 aromatic carbocycles. The van der Waals surface area contributed by atoms with E-state index in [-0.39, 0.29) is 27.4 Å². The highest BCUT2D eigenvalue weighted by Crippen LogP contribution is 2.34. The van der Waals surface area contributed by atoms with Crippen molar-refractivity contribution in [3.63, 3.8) is 0 Å². The van der Waals surface area contributed by atoms with Crippen LogP contribution in [0.4, 0.5) is 17.6 Å². The van der Waals surface area contributed by atoms with Gasteiger partial charge in [-0.05, 0) is 55.5 Å². The molecule has 1 N–H and O–H groups in total. The molecular formula is C27H20Cl3F4NO7S. The second-order valence-corrected chi connectivity index (χ2v) is 11.6. The van der Waals surface area contributed by atoms with Crippen molar-refractivity contribution in [1.29, 1.82) is 5.41 Å². The summed E-state index contributed by atoms with van der Waals surface area (Å²) in [6, 6.07) is 10.4. The number of carbonyl (C=O) groups is 2. The standard InChI is InChI=1S/C27H20Cl3F4NO7S/c1-14-2-4-16(5-3-14)26(37)41-24(21(31)12-35)22(42-43(38,39)23-11-19(29)18(28)10-20(23)30)13-40-25(36)15-6-8-17(9-7-15)27(32,33)34/h2-12,21-22,24,35H,13H2,1H3/t21-,22-,24+/m1/s1. The van der Waals surface area contributed by atoms with E-state index >= 15 is 4.39 Å². The van der Waals surface area contributed by atoms with Crippen LogP contribution in [0.25, 0.3) is 0 Å². The molecule has 0 aromatic heterocycles. The first-order valence-electron chi connectivity index (χ1n) is 11.9. The lowest BCUT2D eigenvalue weighted by atomic mass is 10.1. The van der Waals surface area contributed by atoms with Crippen molar-refractivity contribution < 1.29 is 49.2 Å². The first kappa shape index (κ1) is 34.3. The summed E-state index contributed by atoms with van der Waals surface area (Å²) in [6.45, 7) is 0.622. The number of carbonyl (C=O) groups excluding carboxylic acids is 2. The van der Waals surface area contributed by atoms with E-state index in [4.69, 9.17) is 53.9 Å². The van der Waals surface area contributed by atoms with Gasteiger partial charge in [-0.1, -0.05) is 52.5 Å². The molecule has 43 heavy (non-hydrogen) atoms. The van der Waals surface area contributed by atoms with Gasteiger partial charge in [0, 0.05) is 6.21 Å². The van der Waals surface area contributed by atoms with Gasteiger partial charge >= 0.3 is 18.1 Å². The van der Waals surface area contributed by atoms with E-state index in [2.05, 4.69) is 0 Å². The third-order valence-corrected chi connectivity index (χ3v) is 8.21. The Morgan fingerprint density at radius 3 is 2.00 bits per heavy atom. The van der Waals surface area contributed by atoms with Crippen LogP contribution in [0.2, 0.25) is 15.1 Å². The zero-order valence-corrected chi connectivity index (χ0v) is 24.8. The Hall–Kier alpha value is -3.23. The molecule has 230 valence electrons. The predicted molar refractivity (Wildman–Crippen MR) is 149 cm³/mol. The summed E-state index contributed by atoms with van der Waals surface area (Å²) in [5.74, 6) is -2.39. The van der Waals surface area contributed by atoms with Crippen molar-refractivity contribution in [3.05, 3.63) is 98.0 Å². The molecule has 0 unspecified atom stereocenters. The third-order valence-electron chi connectivity index (χ3n) is 5.69. The maximum atomic E-state index is 15.1. The molecule has 8 nitrogen and oxygen atoms in total. The highest BCUT2D eigenvalue weighted by Gasteiger charge is 2.39. The molecule has 0 bridgehead atoms. The number of esters is 2. The molecule has 0 aliphatic rings. The Balaban J connectivity index is 1.97. The second-order valence-electron chi connectivity index (χ2n) is 8.81. The highest BCUT2D eigenvalue weighted by molar-refractivity contribution is 7.87. The van der Waals surface area contributed by atoms with E-state index in [1.807, 2.05) is 0 Å². The molecule has 0 spiro atoms. The lowest BCUT2D eigenvalue weighted by molar-refractivity contribution is -0.137. The van der Waals surface area contributed by atoms with Gasteiger partial charge in [0.05, 0.1) is 31.8 Å². The average molecular weight is 685 g/mol. The molecule has 0 saturated heterocycles. The van der Waals surface area contributed by atoms with E-state index < -0.39 is 68.7 Å². The first-order valence-corrected chi connectivity index (χ1v) is 14.4. The van der Waals surface area contributed by atoms with Gasteiger partial charge in [-0.15, -0.1) is 0 Å². The Labute approximate surface area is 258 Å². The summed E-state index contributed by atoms with van der Waals surface area (Å²) in [4.78, 5) is 24.7. The fraction of sp³-hybridized carbons (Fsp3) is 0.222. The first-order chi connectivity index (χ1) is 20.0. The molecule has 0 radical (unpaired) electrons. The van der Waals surface area contributed by atoms with Crippen molar-refractivity contribution in [1.82, 2.24) is 0 Å². The van der Waals surface area contributed by atoms with Gasteiger partial charge in [0.2, 0.25) is 0 Å². The Morgan fingerprint density at radius 2 is 1.44 bits per heavy atom. The minimum atomic E-state index is -4.98. The zero-order chi connectivity index (χ0) is 32.1. The van der Waals surface area contributed by atoms with Crippen LogP contribution in [0.5, 0.6) is 0 Å². The number of benzene rings is 3. The van der Waals surface area contributed by atoms with E-state index in [1.165, 1.54) is 12.1 Å². The summed E-state index contributed by atoms with van der Waals surface area (Å²) in [5, 5.41) is 6.56. The maximum absolute atomic E-state index is 15.1. The minimum absolute atomic E-state index is 0.0661. The van der Waals surface area contributed by atoms with Crippen LogP contribution >= 0.6 is 34.8 Å². The largest absolute Gasteiger partial charge is 0.459 e. The van der Waals surface area contributed by atoms with Crippen LogP contribution in [-0.4, -0.2) is 51.6 Å². The Kier molecular flexibility index (Phi) is 11.2. The zero-order valence-electron chi connectivity index (χ0n) is 21.7. The molecule has 0 aliphatic heterocycles. The number of nitrogens with one attached hydrogen (secondary N) is 1. The third kappa shape index (κ3) is 8.89. The predicted octanol–water partition coefficient (Wildman–Crippen LogP) is 7.12. The van der Waals surface area contributed by atoms with Gasteiger partial charge in [0.1, 0.15) is 11.5 Å². The monoisotopic (exact) mass is 683 g/mol. The second kappa shape index (κ2) is 14.0. The molecule has 16 heteroatoms. The number of alkyl halides is 4. The van der Waals surface area contributed by atoms with Gasteiger partial charge in [-0.25, -0.2) is 14.0 Å². The molecule has 3 rings (SSSR count). The fourth-order valence-corrected chi connectivity index (χ4v) is 5.50. The summed E-state index contributed by atoms with van der Waals surface area (Å²) >= 11 is 17.8. The van der Waals surface area contributed by atoms with Crippen LogP contribution < -0.4 is 0 Å². The van der Waals surface area contributed by atoms with Gasteiger partial charge in [-0.3, -0.25) is 4.18 Å². The molecule has 0 amide bonds. The number of rotatable bonds is 11. The Bertz CT molecular complexity index is 1600. The summed E-state index contributed by atoms with van der Waals surface area (Å²) in [6.07, 6.45) is -11.3. The van der Waals surface area contributed by atoms with Crippen molar-refractivity contribution >= 4 is 63.1 Å². The van der Waals surface area contributed by atoms with Gasteiger partial charge < -0.3 is 14.9 Å². The lowest BCUT2D eigenvalue weighted by Gasteiger charge is -2.27. The smallest absolute Gasteiger partial charge is 0.416 e. The van der Waals surface area contributed by atoms with E-state index in [9.17, 15) is 31.2 Å². The van der Waals surface area contributed by atoms with Crippen molar-refractivity contribution in [2.75, 3.05) is 6.61 Å². The molecular weight excluding hydrogens is 665 g/mol. The number of hydrogen-bond acceptors (Lipinski definition) is 8. The van der Waals surface area contributed by atoms with Crippen LogP contribution in [0, 0.1) is 12.3 Å². The number of hydrogen-bond donors (Lipinski definition) is 1. The normalized spacial score (nSPS) is 14.0. The SMILES string of the molecule is Cc1ccc(C(=O)O[C@@H]([C@H](F)C=N)[C@@H](COC(=O)c2ccc(C(F)(F)F)cc2)OS(=O)(=O)c2cc(Cl)c(Cl)cc2Cl)cc1. The Morgan fingerprint density at radius 1 is 0.907 bits per heavy atom. The van der Waals surface area contributed by atoms with Gasteiger partial charge in [0.15, 0.2) is 18.4 Å². The molecule has 0 aliphatic carbocycles. The van der Waals surface area contributed by atoms with Gasteiger partial charge in [0.25, 0.3) is 10.1 Å². The van der Waals surface area contributed by atoms with Crippen molar-refractivity contribution in [2.45, 2.75) is 36.4 Å². The van der Waals surface area contributed by atoms with Crippen LogP contribution in [0.1, 0.15) is 31.8 Å². The minimum Gasteiger partial charge on any atom is -0.459 e. The maximum Gasteiger partial charge on any atom is 0.416 e. The molecule has 0 fully saturated rings. The lowest BCUT2D eigenvalue weighted by Crippen LogP contribution is -2.45. The van der Waals surface area contributed by atoms with E-state index in [1.54, 1.807) is 19.1 Å².